The second-order valence-electron chi connectivity index (χ2n) is 6.26. The maximum absolute atomic E-state index is 12.0. The number of likely N-dealkylation sites (tertiary alicyclic amines) is 1. The number of hydrogen-bond acceptors (Lipinski definition) is 5. The molecule has 0 radical (unpaired) electrons. The molecule has 138 valence electrons. The van der Waals surface area contributed by atoms with Crippen LogP contribution in [0.1, 0.15) is 24.2 Å². The predicted octanol–water partition coefficient (Wildman–Crippen LogP) is 3.73. The van der Waals surface area contributed by atoms with E-state index < -0.39 is 0 Å². The molecule has 0 spiro atoms. The summed E-state index contributed by atoms with van der Waals surface area (Å²) in [7, 11) is 0. The number of halogens is 1. The number of hydrogen-bond donors (Lipinski definition) is 0. The molecular formula is C19H18ClN5OS. The second-order valence-corrected chi connectivity index (χ2v) is 7.64. The average Bonchev–Trinajstić information content (AvgIpc) is 3.27. The van der Waals surface area contributed by atoms with E-state index in [9.17, 15) is 4.79 Å². The number of rotatable bonds is 6. The third-order valence-corrected chi connectivity index (χ3v) is 5.57. The number of nitrogens with zero attached hydrogens (tertiary/aromatic N) is 5. The van der Waals surface area contributed by atoms with Crippen molar-refractivity contribution in [1.82, 2.24) is 24.6 Å². The first kappa shape index (κ1) is 18.0. The Morgan fingerprint density at radius 3 is 2.81 bits per heavy atom. The summed E-state index contributed by atoms with van der Waals surface area (Å²) in [6.07, 6.45) is 3.24. The number of amides is 1. The van der Waals surface area contributed by atoms with Gasteiger partial charge in [-0.15, -0.1) is 10.2 Å². The Balaban J connectivity index is 1.61. The Morgan fingerprint density at radius 1 is 1.15 bits per heavy atom. The van der Waals surface area contributed by atoms with Gasteiger partial charge in [0, 0.05) is 29.9 Å². The Kier molecular flexibility index (Phi) is 5.40. The van der Waals surface area contributed by atoms with Gasteiger partial charge in [-0.25, -0.2) is 4.98 Å². The summed E-state index contributed by atoms with van der Waals surface area (Å²) < 4.78 is 1.93. The van der Waals surface area contributed by atoms with Crippen LogP contribution < -0.4 is 0 Å². The van der Waals surface area contributed by atoms with E-state index in [2.05, 4.69) is 15.2 Å². The van der Waals surface area contributed by atoms with Crippen LogP contribution in [0, 0.1) is 0 Å². The van der Waals surface area contributed by atoms with Gasteiger partial charge in [0.25, 0.3) is 0 Å². The molecule has 1 fully saturated rings. The third kappa shape index (κ3) is 4.14. The first-order chi connectivity index (χ1) is 13.2. The maximum Gasteiger partial charge on any atom is 0.223 e. The van der Waals surface area contributed by atoms with Gasteiger partial charge < -0.3 is 4.90 Å². The summed E-state index contributed by atoms with van der Waals surface area (Å²) >= 11 is 7.65. The summed E-state index contributed by atoms with van der Waals surface area (Å²) in [5.74, 6) is 2.35. The monoisotopic (exact) mass is 399 g/mol. The van der Waals surface area contributed by atoms with E-state index in [1.165, 1.54) is 0 Å². The maximum atomic E-state index is 12.0. The number of carbonyl (C=O) groups is 1. The number of pyridine rings is 1. The molecule has 1 saturated heterocycles. The van der Waals surface area contributed by atoms with Crippen LogP contribution in [0.25, 0.3) is 5.82 Å². The van der Waals surface area contributed by atoms with E-state index in [0.29, 0.717) is 23.7 Å². The van der Waals surface area contributed by atoms with Crippen LogP contribution in [0.5, 0.6) is 0 Å². The van der Waals surface area contributed by atoms with Crippen LogP contribution in [0.4, 0.5) is 0 Å². The zero-order valence-corrected chi connectivity index (χ0v) is 16.2. The van der Waals surface area contributed by atoms with Crippen molar-refractivity contribution in [2.45, 2.75) is 30.3 Å². The topological polar surface area (TPSA) is 63.9 Å². The highest BCUT2D eigenvalue weighted by molar-refractivity contribution is 7.98. The summed E-state index contributed by atoms with van der Waals surface area (Å²) in [4.78, 5) is 18.3. The summed E-state index contributed by atoms with van der Waals surface area (Å²) in [6.45, 7) is 1.21. The lowest BCUT2D eigenvalue weighted by Gasteiger charge is -2.16. The van der Waals surface area contributed by atoms with Gasteiger partial charge in [0.05, 0.1) is 6.54 Å². The minimum Gasteiger partial charge on any atom is -0.335 e. The normalized spacial score (nSPS) is 14.1. The quantitative estimate of drug-likeness (QED) is 0.591. The number of aromatic nitrogens is 4. The van der Waals surface area contributed by atoms with E-state index in [1.54, 1.807) is 18.0 Å². The van der Waals surface area contributed by atoms with Crippen LogP contribution in [-0.4, -0.2) is 37.1 Å². The zero-order chi connectivity index (χ0) is 18.6. The van der Waals surface area contributed by atoms with Gasteiger partial charge in [-0.2, -0.15) is 0 Å². The van der Waals surface area contributed by atoms with Gasteiger partial charge in [-0.1, -0.05) is 41.6 Å². The van der Waals surface area contributed by atoms with Gasteiger partial charge in [0.15, 0.2) is 11.0 Å². The fourth-order valence-electron chi connectivity index (χ4n) is 3.03. The van der Waals surface area contributed by atoms with E-state index >= 15 is 0 Å². The molecule has 1 amide bonds. The average molecular weight is 400 g/mol. The summed E-state index contributed by atoms with van der Waals surface area (Å²) in [6, 6.07) is 13.5. The number of benzene rings is 1. The molecule has 3 aromatic rings. The fourth-order valence-corrected chi connectivity index (χ4v) is 4.14. The van der Waals surface area contributed by atoms with Gasteiger partial charge >= 0.3 is 0 Å². The molecule has 0 aliphatic carbocycles. The highest BCUT2D eigenvalue weighted by atomic mass is 35.5. The molecule has 6 nitrogen and oxygen atoms in total. The van der Waals surface area contributed by atoms with Gasteiger partial charge in [-0.05, 0) is 36.2 Å². The minimum absolute atomic E-state index is 0.165. The van der Waals surface area contributed by atoms with Crippen LogP contribution in [0.15, 0.2) is 53.8 Å². The molecule has 2 aromatic heterocycles. The molecule has 0 unspecified atom stereocenters. The van der Waals surface area contributed by atoms with E-state index in [-0.39, 0.29) is 5.91 Å². The van der Waals surface area contributed by atoms with E-state index in [0.717, 1.165) is 35.3 Å². The van der Waals surface area contributed by atoms with Crippen molar-refractivity contribution in [1.29, 1.82) is 0 Å². The Morgan fingerprint density at radius 2 is 2.07 bits per heavy atom. The number of thioether (sulfide) groups is 1. The van der Waals surface area contributed by atoms with Crippen LogP contribution in [0.2, 0.25) is 5.02 Å². The minimum atomic E-state index is 0.165. The van der Waals surface area contributed by atoms with Gasteiger partial charge in [-0.3, -0.25) is 9.36 Å². The third-order valence-electron chi connectivity index (χ3n) is 4.34. The largest absolute Gasteiger partial charge is 0.335 e. The van der Waals surface area contributed by atoms with Gasteiger partial charge in [0.2, 0.25) is 5.91 Å². The molecule has 0 atom stereocenters. The van der Waals surface area contributed by atoms with Crippen molar-refractivity contribution in [3.05, 3.63) is 65.1 Å². The molecule has 3 heterocycles. The molecule has 0 N–H and O–H groups in total. The molecule has 27 heavy (non-hydrogen) atoms. The van der Waals surface area contributed by atoms with Crippen LogP contribution >= 0.6 is 23.4 Å². The van der Waals surface area contributed by atoms with Crippen molar-refractivity contribution < 1.29 is 4.79 Å². The highest BCUT2D eigenvalue weighted by Gasteiger charge is 2.24. The Bertz CT molecular complexity index is 946. The van der Waals surface area contributed by atoms with Crippen molar-refractivity contribution >= 4 is 29.3 Å². The van der Waals surface area contributed by atoms with Crippen molar-refractivity contribution in [2.24, 2.45) is 0 Å². The molecule has 4 rings (SSSR count). The molecule has 8 heteroatoms. The molecule has 0 bridgehead atoms. The van der Waals surface area contributed by atoms with Crippen molar-refractivity contribution in [3.8, 4) is 5.82 Å². The highest BCUT2D eigenvalue weighted by Crippen LogP contribution is 2.26. The standard InChI is InChI=1S/C19H18ClN5OS/c20-15-6-3-5-14(11-15)13-27-19-23-22-17(12-24-10-4-8-18(24)26)25(19)16-7-1-2-9-21-16/h1-3,5-7,9,11H,4,8,10,12-13H2. The first-order valence-corrected chi connectivity index (χ1v) is 10.1. The predicted molar refractivity (Wildman–Crippen MR) is 105 cm³/mol. The van der Waals surface area contributed by atoms with Gasteiger partial charge in [0.1, 0.15) is 5.82 Å². The molecule has 1 aromatic carbocycles. The van der Waals surface area contributed by atoms with E-state index in [1.807, 2.05) is 51.9 Å². The smallest absolute Gasteiger partial charge is 0.223 e. The molecule has 1 aliphatic heterocycles. The molecule has 1 aliphatic rings. The SMILES string of the molecule is O=C1CCCN1Cc1nnc(SCc2cccc(Cl)c2)n1-c1ccccn1. The molecule has 0 saturated carbocycles. The number of carbonyl (C=O) groups excluding carboxylic acids is 1. The lowest BCUT2D eigenvalue weighted by atomic mass is 10.2. The lowest BCUT2D eigenvalue weighted by Crippen LogP contribution is -2.25. The first-order valence-electron chi connectivity index (χ1n) is 8.71. The van der Waals surface area contributed by atoms with Crippen molar-refractivity contribution in [2.75, 3.05) is 6.54 Å². The summed E-state index contributed by atoms with van der Waals surface area (Å²) in [5.41, 5.74) is 1.11. The van der Waals surface area contributed by atoms with Crippen LogP contribution in [-0.2, 0) is 17.1 Å². The zero-order valence-electron chi connectivity index (χ0n) is 14.6. The van der Waals surface area contributed by atoms with E-state index in [4.69, 9.17) is 11.6 Å². The van der Waals surface area contributed by atoms with Crippen LogP contribution in [0.3, 0.4) is 0 Å². The Hall–Kier alpha value is -2.38. The Labute approximate surface area is 166 Å². The fraction of sp³-hybridized carbons (Fsp3) is 0.263. The van der Waals surface area contributed by atoms with Crippen molar-refractivity contribution in [3.63, 3.8) is 0 Å². The summed E-state index contributed by atoms with van der Waals surface area (Å²) in [5, 5.41) is 10.2. The molecular weight excluding hydrogens is 382 g/mol. The lowest BCUT2D eigenvalue weighted by molar-refractivity contribution is -0.128. The second kappa shape index (κ2) is 8.10.